The van der Waals surface area contributed by atoms with Crippen molar-refractivity contribution in [1.29, 1.82) is 0 Å². The van der Waals surface area contributed by atoms with Crippen LogP contribution in [0.25, 0.3) is 0 Å². The Morgan fingerprint density at radius 3 is 1.25 bits per heavy atom. The van der Waals surface area contributed by atoms with Crippen LogP contribution in [0.3, 0.4) is 0 Å². The maximum atomic E-state index is 8.30. The average Bonchev–Trinajstić information content (AvgIpc) is 1.00. The summed E-state index contributed by atoms with van der Waals surface area (Å²) < 4.78 is 8.30. The smallest absolute Gasteiger partial charge is 0 e. The largest absolute Gasteiger partial charge is 0 e. The maximum Gasteiger partial charge on any atom is 0 e. The van der Waals surface area contributed by atoms with E-state index in [1.54, 1.807) is 0 Å². The first-order valence-corrected chi connectivity index (χ1v) is 1.08. The minimum absolute atomic E-state index is 0. The zero-order chi connectivity index (χ0) is 2.00. The second kappa shape index (κ2) is 19.7. The molecule has 0 aromatic heterocycles. The molecule has 4 heavy (non-hydrogen) atoms. The van der Waals surface area contributed by atoms with Crippen LogP contribution in [0.2, 0.25) is 0 Å². The zero-order valence-electron chi connectivity index (χ0n) is 1.30. The predicted octanol–water partition coefficient (Wildman–Crippen LogP) is -1.04. The first kappa shape index (κ1) is 16.6. The summed E-state index contributed by atoms with van der Waals surface area (Å²) in [6.45, 7) is 0. The Hall–Kier alpha value is 2.05. The van der Waals surface area contributed by atoms with Crippen molar-refractivity contribution in [3.05, 3.63) is 0 Å². The van der Waals surface area contributed by atoms with Gasteiger partial charge in [0.2, 0.25) is 0 Å². The van der Waals surface area contributed by atoms with Gasteiger partial charge in [-0.15, -0.1) is 0 Å². The Kier molecular flexibility index (Phi) is 81.8. The summed E-state index contributed by atoms with van der Waals surface area (Å²) in [5, 5.41) is 0. The van der Waals surface area contributed by atoms with Crippen molar-refractivity contribution in [3.63, 3.8) is 0 Å². The first-order chi connectivity index (χ1) is 1.00. The van der Waals surface area contributed by atoms with Gasteiger partial charge in [-0.05, 0) is 0 Å². The van der Waals surface area contributed by atoms with Crippen LogP contribution in [-0.2, 0) is 46.7 Å². The number of hydrogen-bond acceptors (Lipinski definition) is 1. The van der Waals surface area contributed by atoms with Crippen LogP contribution in [0.15, 0.2) is 0 Å². The molecule has 0 aromatic carbocycles. The van der Waals surface area contributed by atoms with Crippen LogP contribution in [-0.4, -0.2) is 23.1 Å². The Balaban J connectivity index is -0.00000000500. The molecule has 0 fully saturated rings. The summed E-state index contributed by atoms with van der Waals surface area (Å²) in [6, 6.07) is 0. The van der Waals surface area contributed by atoms with E-state index in [1.807, 2.05) is 0 Å². The van der Waals surface area contributed by atoms with Gasteiger partial charge < -0.3 is 0 Å². The summed E-state index contributed by atoms with van der Waals surface area (Å²) in [4.78, 5) is 0. The van der Waals surface area contributed by atoms with Gasteiger partial charge in [0.15, 0.2) is 0 Å². The van der Waals surface area contributed by atoms with Gasteiger partial charge in [0.25, 0.3) is 0 Å². The first-order valence-electron chi connectivity index (χ1n) is 0.183. The molecule has 20 valence electrons. The molecule has 0 heterocycles. The van der Waals surface area contributed by atoms with E-state index in [2.05, 4.69) is 0 Å². The minimum Gasteiger partial charge on any atom is 0 e. The quantitative estimate of drug-likeness (QED) is 0.522. The van der Waals surface area contributed by atoms with Gasteiger partial charge in [0.05, 0.1) is 0 Å². The molecule has 0 N–H and O–H groups in total. The SMILES string of the molecule is [MgH2].[O]=[Nb].[Ta]. The second-order valence-corrected chi connectivity index (χ2v) is 0. The maximum absolute atomic E-state index is 8.30. The van der Waals surface area contributed by atoms with Gasteiger partial charge in [-0.2, -0.15) is 0 Å². The van der Waals surface area contributed by atoms with Gasteiger partial charge in [-0.25, -0.2) is 0 Å². The zero-order valence-corrected chi connectivity index (χ0v) is 6.71. The van der Waals surface area contributed by atoms with Crippen molar-refractivity contribution in [2.45, 2.75) is 0 Å². The summed E-state index contributed by atoms with van der Waals surface area (Å²) in [6.07, 6.45) is 0. The molecule has 0 atom stereocenters. The van der Waals surface area contributed by atoms with E-state index in [-0.39, 0.29) is 45.4 Å². The molecule has 0 aliphatic rings. The molecule has 0 bridgehead atoms. The summed E-state index contributed by atoms with van der Waals surface area (Å²) >= 11 is 0.500. The third-order valence-corrected chi connectivity index (χ3v) is 0. The van der Waals surface area contributed by atoms with Crippen molar-refractivity contribution in [2.24, 2.45) is 0 Å². The van der Waals surface area contributed by atoms with Gasteiger partial charge in [0, 0.05) is 22.4 Å². The molecule has 0 aromatic rings. The molecule has 0 saturated heterocycles. The average molecular weight is 316 g/mol. The Morgan fingerprint density at radius 2 is 1.25 bits per heavy atom. The van der Waals surface area contributed by atoms with Crippen molar-refractivity contribution >= 4 is 23.1 Å². The number of hydrogen-bond donors (Lipinski definition) is 0. The van der Waals surface area contributed by atoms with Crippen LogP contribution in [0.1, 0.15) is 0 Å². The Bertz CT molecular complexity index is 8.00. The molecule has 4 heteroatoms. The van der Waals surface area contributed by atoms with Crippen molar-refractivity contribution in [3.8, 4) is 0 Å². The predicted molar refractivity (Wildman–Crippen MR) is 9.23 cm³/mol. The topological polar surface area (TPSA) is 17.1 Å². The molecule has 1 radical (unpaired) electrons. The summed E-state index contributed by atoms with van der Waals surface area (Å²) in [5.41, 5.74) is 0. The van der Waals surface area contributed by atoms with Crippen LogP contribution < -0.4 is 0 Å². The summed E-state index contributed by atoms with van der Waals surface area (Å²) in [5.74, 6) is 0. The monoisotopic (exact) mass is 316 g/mol. The van der Waals surface area contributed by atoms with Crippen LogP contribution >= 0.6 is 0 Å². The van der Waals surface area contributed by atoms with Gasteiger partial charge in [-0.1, -0.05) is 0 Å². The molecule has 0 aliphatic heterocycles. The minimum atomic E-state index is 0. The molecular weight excluding hydrogens is 314 g/mol. The molecule has 0 unspecified atom stereocenters. The van der Waals surface area contributed by atoms with E-state index in [1.165, 1.54) is 0 Å². The van der Waals surface area contributed by atoms with Crippen LogP contribution in [0.5, 0.6) is 0 Å². The molecular formula is H2MgNbOTa. The number of rotatable bonds is 0. The molecule has 0 amide bonds. The van der Waals surface area contributed by atoms with Crippen molar-refractivity contribution in [2.75, 3.05) is 0 Å². The fourth-order valence-electron chi connectivity index (χ4n) is 0. The van der Waals surface area contributed by atoms with Crippen LogP contribution in [0.4, 0.5) is 0 Å². The van der Waals surface area contributed by atoms with Crippen LogP contribution in [0, 0.1) is 0 Å². The van der Waals surface area contributed by atoms with Gasteiger partial charge in [-0.3, -0.25) is 0 Å². The van der Waals surface area contributed by atoms with Gasteiger partial charge in [0.1, 0.15) is 0 Å². The van der Waals surface area contributed by atoms with E-state index in [9.17, 15) is 0 Å². The fourth-order valence-corrected chi connectivity index (χ4v) is 0. The normalized spacial score (nSPS) is 0.750. The van der Waals surface area contributed by atoms with Gasteiger partial charge >= 0.3 is 47.3 Å². The van der Waals surface area contributed by atoms with Crippen molar-refractivity contribution < 1.29 is 46.7 Å². The third-order valence-electron chi connectivity index (χ3n) is 0. The van der Waals surface area contributed by atoms with E-state index >= 15 is 0 Å². The molecule has 0 saturated carbocycles. The fraction of sp³-hybridized carbons (Fsp3) is 0. The standard InChI is InChI=1S/Mg.Nb.O.Ta.2H. The Labute approximate surface area is 68.8 Å². The Morgan fingerprint density at radius 1 is 1.25 bits per heavy atom. The van der Waals surface area contributed by atoms with E-state index in [0.717, 1.165) is 0 Å². The molecule has 1 nitrogen and oxygen atoms in total. The van der Waals surface area contributed by atoms with E-state index in [4.69, 9.17) is 3.25 Å². The summed E-state index contributed by atoms with van der Waals surface area (Å²) in [7, 11) is 0. The third kappa shape index (κ3) is 8.97. The molecule has 0 spiro atoms. The molecule has 0 aliphatic carbocycles. The second-order valence-electron chi connectivity index (χ2n) is 0. The van der Waals surface area contributed by atoms with Crippen molar-refractivity contribution in [1.82, 2.24) is 0 Å². The molecule has 0 rings (SSSR count). The van der Waals surface area contributed by atoms with E-state index in [0.29, 0.717) is 21.0 Å². The van der Waals surface area contributed by atoms with E-state index < -0.39 is 0 Å².